The van der Waals surface area contributed by atoms with E-state index >= 15 is 0 Å². The Labute approximate surface area is 111 Å². The van der Waals surface area contributed by atoms with Gasteiger partial charge in [-0.15, -0.1) is 0 Å². The van der Waals surface area contributed by atoms with E-state index in [0.717, 1.165) is 44.2 Å². The summed E-state index contributed by atoms with van der Waals surface area (Å²) in [4.78, 5) is 11.9. The molecule has 0 aliphatic heterocycles. The molecule has 0 spiro atoms. The highest BCUT2D eigenvalue weighted by Gasteiger charge is 2.30. The van der Waals surface area contributed by atoms with Crippen LogP contribution < -0.4 is 4.74 Å². The summed E-state index contributed by atoms with van der Waals surface area (Å²) in [6.07, 6.45) is 4.97. The fourth-order valence-corrected chi connectivity index (χ4v) is 2.70. The zero-order valence-corrected chi connectivity index (χ0v) is 11.0. The average Bonchev–Trinajstić information content (AvgIpc) is 2.83. The summed E-state index contributed by atoms with van der Waals surface area (Å²) < 4.78 is 30.9. The number of carbonyl (C=O) groups is 1. The largest absolute Gasteiger partial charge is 0.426 e. The Balaban J connectivity index is 1.92. The van der Waals surface area contributed by atoms with Gasteiger partial charge in [-0.3, -0.25) is 4.79 Å². The van der Waals surface area contributed by atoms with E-state index in [9.17, 15) is 13.6 Å². The molecule has 1 aromatic carbocycles. The summed E-state index contributed by atoms with van der Waals surface area (Å²) in [7, 11) is 0. The maximum atomic E-state index is 13.0. The van der Waals surface area contributed by atoms with Gasteiger partial charge in [0.1, 0.15) is 5.75 Å². The zero-order valence-electron chi connectivity index (χ0n) is 11.0. The Kier molecular flexibility index (Phi) is 4.51. The van der Waals surface area contributed by atoms with Crippen molar-refractivity contribution in [3.63, 3.8) is 0 Å². The van der Waals surface area contributed by atoms with E-state index in [1.165, 1.54) is 6.07 Å². The minimum absolute atomic E-state index is 0.0721. The molecule has 104 valence electrons. The van der Waals surface area contributed by atoms with Gasteiger partial charge in [-0.1, -0.05) is 19.8 Å². The molecule has 1 aliphatic carbocycles. The molecule has 4 heteroatoms. The Morgan fingerprint density at radius 3 is 2.79 bits per heavy atom. The quantitative estimate of drug-likeness (QED) is 0.607. The van der Waals surface area contributed by atoms with E-state index in [2.05, 4.69) is 6.92 Å². The van der Waals surface area contributed by atoms with E-state index in [4.69, 9.17) is 4.74 Å². The van der Waals surface area contributed by atoms with Crippen LogP contribution in [-0.4, -0.2) is 5.97 Å². The zero-order chi connectivity index (χ0) is 13.8. The fraction of sp³-hybridized carbons (Fsp3) is 0.533. The second-order valence-electron chi connectivity index (χ2n) is 5.16. The minimum atomic E-state index is -0.999. The molecule has 0 bridgehead atoms. The van der Waals surface area contributed by atoms with Crippen molar-refractivity contribution in [1.82, 2.24) is 0 Å². The Morgan fingerprint density at radius 2 is 2.11 bits per heavy atom. The van der Waals surface area contributed by atoms with Crippen LogP contribution in [0.25, 0.3) is 0 Å². The lowest BCUT2D eigenvalue weighted by Crippen LogP contribution is -2.18. The monoisotopic (exact) mass is 268 g/mol. The highest BCUT2D eigenvalue weighted by Crippen LogP contribution is 2.34. The van der Waals surface area contributed by atoms with Crippen molar-refractivity contribution in [1.29, 1.82) is 0 Å². The van der Waals surface area contributed by atoms with Gasteiger partial charge in [0.2, 0.25) is 0 Å². The Bertz CT molecular complexity index is 459. The van der Waals surface area contributed by atoms with Crippen LogP contribution in [0, 0.1) is 23.5 Å². The molecule has 0 saturated heterocycles. The molecule has 2 nitrogen and oxygen atoms in total. The SMILES string of the molecule is CCCC1CCC(C(=O)Oc2ccc(F)c(F)c2)C1. The molecule has 2 atom stereocenters. The first kappa shape index (κ1) is 14.0. The third-order valence-corrected chi connectivity index (χ3v) is 3.68. The number of hydrogen-bond acceptors (Lipinski definition) is 2. The number of hydrogen-bond donors (Lipinski definition) is 0. The number of ether oxygens (including phenoxy) is 1. The van der Waals surface area contributed by atoms with Crippen molar-refractivity contribution in [2.75, 3.05) is 0 Å². The Morgan fingerprint density at radius 1 is 1.32 bits per heavy atom. The molecule has 2 unspecified atom stereocenters. The second-order valence-corrected chi connectivity index (χ2v) is 5.16. The van der Waals surface area contributed by atoms with Gasteiger partial charge in [-0.25, -0.2) is 8.78 Å². The highest BCUT2D eigenvalue weighted by molar-refractivity contribution is 5.75. The van der Waals surface area contributed by atoms with E-state index in [1.807, 2.05) is 0 Å². The first-order valence-corrected chi connectivity index (χ1v) is 6.77. The van der Waals surface area contributed by atoms with Crippen LogP contribution in [0.5, 0.6) is 5.75 Å². The Hall–Kier alpha value is -1.45. The van der Waals surface area contributed by atoms with Crippen LogP contribution in [0.2, 0.25) is 0 Å². The van der Waals surface area contributed by atoms with Crippen molar-refractivity contribution in [3.8, 4) is 5.75 Å². The van der Waals surface area contributed by atoms with Gasteiger partial charge < -0.3 is 4.74 Å². The second kappa shape index (κ2) is 6.13. The first-order valence-electron chi connectivity index (χ1n) is 6.77. The molecule has 1 fully saturated rings. The molecule has 1 aromatic rings. The van der Waals surface area contributed by atoms with Crippen molar-refractivity contribution in [3.05, 3.63) is 29.8 Å². The molecule has 1 aliphatic rings. The van der Waals surface area contributed by atoms with Gasteiger partial charge in [0, 0.05) is 6.07 Å². The van der Waals surface area contributed by atoms with Crippen molar-refractivity contribution < 1.29 is 18.3 Å². The predicted molar refractivity (Wildman–Crippen MR) is 67.7 cm³/mol. The third kappa shape index (κ3) is 3.52. The lowest BCUT2D eigenvalue weighted by molar-refractivity contribution is -0.138. The van der Waals surface area contributed by atoms with E-state index in [0.29, 0.717) is 5.92 Å². The molecule has 2 rings (SSSR count). The van der Waals surface area contributed by atoms with Crippen molar-refractivity contribution in [2.24, 2.45) is 11.8 Å². The molecular weight excluding hydrogens is 250 g/mol. The lowest BCUT2D eigenvalue weighted by atomic mass is 10.0. The van der Waals surface area contributed by atoms with Crippen LogP contribution in [-0.2, 0) is 4.79 Å². The fourth-order valence-electron chi connectivity index (χ4n) is 2.70. The summed E-state index contributed by atoms with van der Waals surface area (Å²) >= 11 is 0. The van der Waals surface area contributed by atoms with Gasteiger partial charge >= 0.3 is 5.97 Å². The molecule has 0 radical (unpaired) electrons. The first-order chi connectivity index (χ1) is 9.10. The summed E-state index contributed by atoms with van der Waals surface area (Å²) in [5.41, 5.74) is 0. The van der Waals surface area contributed by atoms with Crippen LogP contribution >= 0.6 is 0 Å². The molecule has 19 heavy (non-hydrogen) atoms. The summed E-state index contributed by atoms with van der Waals surface area (Å²) in [5, 5.41) is 0. The standard InChI is InChI=1S/C15H18F2O2/c1-2-3-10-4-5-11(8-10)15(18)19-12-6-7-13(16)14(17)9-12/h6-7,9-11H,2-5,8H2,1H3. The van der Waals surface area contributed by atoms with Gasteiger partial charge in [0.15, 0.2) is 11.6 Å². The van der Waals surface area contributed by atoms with Crippen LogP contribution in [0.1, 0.15) is 39.0 Å². The summed E-state index contributed by atoms with van der Waals surface area (Å²) in [6.45, 7) is 2.13. The molecule has 0 N–H and O–H groups in total. The molecule has 1 saturated carbocycles. The smallest absolute Gasteiger partial charge is 0.314 e. The van der Waals surface area contributed by atoms with E-state index in [-0.39, 0.29) is 17.6 Å². The topological polar surface area (TPSA) is 26.3 Å². The highest BCUT2D eigenvalue weighted by atomic mass is 19.2. The third-order valence-electron chi connectivity index (χ3n) is 3.68. The van der Waals surface area contributed by atoms with Crippen molar-refractivity contribution >= 4 is 5.97 Å². The predicted octanol–water partition coefficient (Wildman–Crippen LogP) is 4.09. The van der Waals surface area contributed by atoms with Gasteiger partial charge in [-0.05, 0) is 37.3 Å². The van der Waals surface area contributed by atoms with Gasteiger partial charge in [0.05, 0.1) is 5.92 Å². The van der Waals surface area contributed by atoms with E-state index < -0.39 is 11.6 Å². The summed E-state index contributed by atoms with van der Waals surface area (Å²) in [6, 6.07) is 3.15. The number of benzene rings is 1. The minimum Gasteiger partial charge on any atom is -0.426 e. The van der Waals surface area contributed by atoms with Crippen LogP contribution in [0.15, 0.2) is 18.2 Å². The van der Waals surface area contributed by atoms with Crippen molar-refractivity contribution in [2.45, 2.75) is 39.0 Å². The lowest BCUT2D eigenvalue weighted by Gasteiger charge is -2.10. The maximum absolute atomic E-state index is 13.0. The van der Waals surface area contributed by atoms with Gasteiger partial charge in [0.25, 0.3) is 0 Å². The number of carbonyl (C=O) groups excluding carboxylic acids is 1. The maximum Gasteiger partial charge on any atom is 0.314 e. The normalized spacial score (nSPS) is 22.5. The average molecular weight is 268 g/mol. The number of rotatable bonds is 4. The number of halogens is 2. The number of esters is 1. The van der Waals surface area contributed by atoms with Gasteiger partial charge in [-0.2, -0.15) is 0 Å². The van der Waals surface area contributed by atoms with E-state index in [1.54, 1.807) is 0 Å². The summed E-state index contributed by atoms with van der Waals surface area (Å²) in [5.74, 6) is -1.71. The van der Waals surface area contributed by atoms with Crippen LogP contribution in [0.4, 0.5) is 8.78 Å². The molecule has 0 aromatic heterocycles. The van der Waals surface area contributed by atoms with Crippen LogP contribution in [0.3, 0.4) is 0 Å². The molecule has 0 heterocycles. The molecule has 0 amide bonds. The molecular formula is C15H18F2O2.